The zero-order valence-electron chi connectivity index (χ0n) is 12.9. The Bertz CT molecular complexity index is 706. The molecule has 4 rings (SSSR count). The minimum Gasteiger partial charge on any atom is -0.330 e. The van der Waals surface area contributed by atoms with Crippen LogP contribution in [0.25, 0.3) is 0 Å². The summed E-state index contributed by atoms with van der Waals surface area (Å²) in [6.07, 6.45) is 3.81. The fourth-order valence-electron chi connectivity index (χ4n) is 3.41. The van der Waals surface area contributed by atoms with E-state index in [1.165, 1.54) is 0 Å². The molecule has 1 saturated carbocycles. The lowest BCUT2D eigenvalue weighted by molar-refractivity contribution is -0.126. The zero-order valence-corrected chi connectivity index (χ0v) is 12.9. The second kappa shape index (κ2) is 5.26. The van der Waals surface area contributed by atoms with Crippen molar-refractivity contribution in [3.8, 4) is 0 Å². The van der Waals surface area contributed by atoms with E-state index in [4.69, 9.17) is 0 Å². The van der Waals surface area contributed by atoms with E-state index in [2.05, 4.69) is 11.9 Å². The van der Waals surface area contributed by atoms with Crippen molar-refractivity contribution in [1.82, 2.24) is 15.1 Å². The third-order valence-electron chi connectivity index (χ3n) is 4.68. The van der Waals surface area contributed by atoms with Crippen LogP contribution in [0.5, 0.6) is 0 Å². The molecule has 0 spiro atoms. The number of hydrogen-bond donors (Lipinski definition) is 1. The molecule has 1 fully saturated rings. The Balaban J connectivity index is 1.78. The fourth-order valence-corrected chi connectivity index (χ4v) is 3.41. The fraction of sp³-hybridized carbons (Fsp3) is 0.333. The van der Waals surface area contributed by atoms with Crippen LogP contribution in [0.4, 0.5) is 4.79 Å². The van der Waals surface area contributed by atoms with Crippen LogP contribution >= 0.6 is 0 Å². The first-order chi connectivity index (χ1) is 11.2. The van der Waals surface area contributed by atoms with E-state index in [9.17, 15) is 9.59 Å². The molecule has 1 atom stereocenters. The molecular weight excluding hydrogens is 290 g/mol. The van der Waals surface area contributed by atoms with Crippen molar-refractivity contribution in [1.29, 1.82) is 0 Å². The van der Waals surface area contributed by atoms with Gasteiger partial charge >= 0.3 is 6.03 Å². The average molecular weight is 309 g/mol. The number of hydrogen-bond acceptors (Lipinski definition) is 2. The summed E-state index contributed by atoms with van der Waals surface area (Å²) in [4.78, 5) is 29.0. The molecule has 2 heterocycles. The number of carbonyl (C=O) groups excluding carboxylic acids is 2. The van der Waals surface area contributed by atoms with E-state index in [0.29, 0.717) is 24.7 Å². The van der Waals surface area contributed by atoms with Crippen LogP contribution in [-0.2, 0) is 4.79 Å². The number of carbonyl (C=O) groups is 2. The highest BCUT2D eigenvalue weighted by molar-refractivity contribution is 6.01. The summed E-state index contributed by atoms with van der Waals surface area (Å²) in [7, 11) is 0. The molecule has 5 nitrogen and oxygen atoms in total. The Morgan fingerprint density at radius 3 is 2.61 bits per heavy atom. The second-order valence-electron chi connectivity index (χ2n) is 6.22. The molecule has 1 N–H and O–H groups in total. The van der Waals surface area contributed by atoms with Gasteiger partial charge in [0.25, 0.3) is 5.91 Å². The van der Waals surface area contributed by atoms with Crippen LogP contribution in [0, 0.1) is 0 Å². The van der Waals surface area contributed by atoms with Crippen molar-refractivity contribution in [2.75, 3.05) is 13.1 Å². The maximum Gasteiger partial charge on any atom is 0.322 e. The predicted octanol–water partition coefficient (Wildman–Crippen LogP) is 2.20. The Morgan fingerprint density at radius 1 is 1.22 bits per heavy atom. The van der Waals surface area contributed by atoms with Crippen molar-refractivity contribution >= 4 is 11.9 Å². The second-order valence-corrected chi connectivity index (χ2v) is 6.22. The summed E-state index contributed by atoms with van der Waals surface area (Å²) in [6, 6.07) is 9.49. The van der Waals surface area contributed by atoms with E-state index in [1.807, 2.05) is 35.2 Å². The van der Waals surface area contributed by atoms with E-state index in [-0.39, 0.29) is 18.0 Å². The van der Waals surface area contributed by atoms with Gasteiger partial charge in [-0.2, -0.15) is 0 Å². The van der Waals surface area contributed by atoms with E-state index < -0.39 is 0 Å². The van der Waals surface area contributed by atoms with Gasteiger partial charge in [-0.15, -0.1) is 6.58 Å². The van der Waals surface area contributed by atoms with Gasteiger partial charge in [0, 0.05) is 12.6 Å². The molecule has 5 heteroatoms. The molecule has 3 aliphatic rings. The molecule has 1 aromatic carbocycles. The Morgan fingerprint density at radius 2 is 1.96 bits per heavy atom. The highest BCUT2D eigenvalue weighted by atomic mass is 16.2. The first-order valence-electron chi connectivity index (χ1n) is 7.98. The molecule has 1 aliphatic carbocycles. The molecule has 118 valence electrons. The largest absolute Gasteiger partial charge is 0.330 e. The van der Waals surface area contributed by atoms with Gasteiger partial charge in [0.15, 0.2) is 0 Å². The van der Waals surface area contributed by atoms with E-state index in [1.54, 1.807) is 11.0 Å². The maximum atomic E-state index is 12.9. The normalized spacial score (nSPS) is 23.9. The summed E-state index contributed by atoms with van der Waals surface area (Å²) in [5.41, 5.74) is 2.49. The lowest BCUT2D eigenvalue weighted by Gasteiger charge is -2.33. The molecule has 0 unspecified atom stereocenters. The number of urea groups is 1. The monoisotopic (exact) mass is 309 g/mol. The van der Waals surface area contributed by atoms with Crippen LogP contribution in [-0.4, -0.2) is 40.9 Å². The van der Waals surface area contributed by atoms with Gasteiger partial charge in [-0.3, -0.25) is 9.69 Å². The summed E-state index contributed by atoms with van der Waals surface area (Å²) in [6.45, 7) is 4.67. The zero-order chi connectivity index (χ0) is 16.0. The van der Waals surface area contributed by atoms with Crippen LogP contribution in [0.15, 0.2) is 54.3 Å². The number of nitrogens with zero attached hydrogens (tertiary/aromatic N) is 2. The average Bonchev–Trinajstić information content (AvgIpc) is 3.35. The molecule has 0 saturated heterocycles. The Hall–Kier alpha value is -2.56. The molecule has 0 bridgehead atoms. The smallest absolute Gasteiger partial charge is 0.322 e. The van der Waals surface area contributed by atoms with Gasteiger partial charge in [-0.1, -0.05) is 36.4 Å². The highest BCUT2D eigenvalue weighted by Crippen LogP contribution is 2.40. The lowest BCUT2D eigenvalue weighted by atomic mass is 9.95. The third kappa shape index (κ3) is 2.23. The number of rotatable bonds is 4. The first kappa shape index (κ1) is 14.1. The van der Waals surface area contributed by atoms with Gasteiger partial charge in [0.1, 0.15) is 0 Å². The molecule has 0 radical (unpaired) electrons. The molecule has 2 aliphatic heterocycles. The Labute approximate surface area is 135 Å². The van der Waals surface area contributed by atoms with Gasteiger partial charge in [-0.25, -0.2) is 4.79 Å². The van der Waals surface area contributed by atoms with E-state index >= 15 is 0 Å². The van der Waals surface area contributed by atoms with Crippen LogP contribution in [0.3, 0.4) is 0 Å². The summed E-state index contributed by atoms with van der Waals surface area (Å²) >= 11 is 0. The van der Waals surface area contributed by atoms with Gasteiger partial charge in [-0.05, 0) is 18.4 Å². The standard InChI is InChI=1S/C18H19N3O2/c1-2-10-20-14-11-21(13-8-9-13)17(22)15(14)16(19-18(20)23)12-6-4-3-5-7-12/h2-7,13,16H,1,8-11H2,(H,19,23)/t16-/m1/s1. The van der Waals surface area contributed by atoms with Gasteiger partial charge in [0.2, 0.25) is 0 Å². The molecule has 1 aromatic rings. The maximum absolute atomic E-state index is 12.9. The van der Waals surface area contributed by atoms with Crippen LogP contribution in [0.1, 0.15) is 24.4 Å². The van der Waals surface area contributed by atoms with Crippen molar-refractivity contribution in [2.24, 2.45) is 0 Å². The summed E-state index contributed by atoms with van der Waals surface area (Å²) < 4.78 is 0. The quantitative estimate of drug-likeness (QED) is 0.867. The van der Waals surface area contributed by atoms with Crippen LogP contribution < -0.4 is 5.32 Å². The van der Waals surface area contributed by atoms with Crippen LogP contribution in [0.2, 0.25) is 0 Å². The van der Waals surface area contributed by atoms with Crippen molar-refractivity contribution < 1.29 is 9.59 Å². The molecule has 3 amide bonds. The van der Waals surface area contributed by atoms with Crippen molar-refractivity contribution in [2.45, 2.75) is 24.9 Å². The van der Waals surface area contributed by atoms with E-state index in [0.717, 1.165) is 24.1 Å². The SMILES string of the molecule is C=CCN1C(=O)N[C@H](c2ccccc2)C2=C1CN(C1CC1)C2=O. The van der Waals surface area contributed by atoms with Gasteiger partial charge in [0.05, 0.1) is 23.9 Å². The van der Waals surface area contributed by atoms with Crippen molar-refractivity contribution in [3.63, 3.8) is 0 Å². The lowest BCUT2D eigenvalue weighted by Crippen LogP contribution is -2.47. The van der Waals surface area contributed by atoms with Crippen molar-refractivity contribution in [3.05, 3.63) is 59.8 Å². The number of amides is 3. The Kier molecular flexibility index (Phi) is 3.22. The summed E-state index contributed by atoms with van der Waals surface area (Å²) in [5, 5.41) is 2.98. The summed E-state index contributed by atoms with van der Waals surface area (Å²) in [5.74, 6) is 0.0606. The molecule has 23 heavy (non-hydrogen) atoms. The topological polar surface area (TPSA) is 52.7 Å². The minimum atomic E-state index is -0.365. The number of benzene rings is 1. The minimum absolute atomic E-state index is 0.0606. The highest BCUT2D eigenvalue weighted by Gasteiger charge is 2.47. The number of nitrogens with one attached hydrogen (secondary N) is 1. The third-order valence-corrected chi connectivity index (χ3v) is 4.68. The predicted molar refractivity (Wildman–Crippen MR) is 86.4 cm³/mol. The molecule has 0 aromatic heterocycles. The molecular formula is C18H19N3O2. The van der Waals surface area contributed by atoms with Gasteiger partial charge < -0.3 is 10.2 Å². The first-order valence-corrected chi connectivity index (χ1v) is 7.98.